The molecule has 1 aliphatic heterocycles. The van der Waals surface area contributed by atoms with E-state index >= 15 is 0 Å². The summed E-state index contributed by atoms with van der Waals surface area (Å²) in [5.74, 6) is -1.97. The predicted molar refractivity (Wildman–Crippen MR) is 66.7 cm³/mol. The van der Waals surface area contributed by atoms with Crippen molar-refractivity contribution in [2.45, 2.75) is 26.1 Å². The van der Waals surface area contributed by atoms with Crippen molar-refractivity contribution in [3.8, 4) is 5.75 Å². The van der Waals surface area contributed by atoms with Gasteiger partial charge in [-0.3, -0.25) is 14.7 Å². The Morgan fingerprint density at radius 1 is 1.48 bits per heavy atom. The first-order chi connectivity index (χ1) is 9.65. The van der Waals surface area contributed by atoms with E-state index in [9.17, 15) is 23.1 Å². The van der Waals surface area contributed by atoms with Crippen molar-refractivity contribution in [1.29, 1.82) is 0 Å². The smallest absolute Gasteiger partial charge is 0.406 e. The second-order valence-corrected chi connectivity index (χ2v) is 5.26. The molecule has 1 aromatic rings. The molecule has 21 heavy (non-hydrogen) atoms. The number of carboxylic acids is 1. The molecule has 1 aromatic heterocycles. The summed E-state index contributed by atoms with van der Waals surface area (Å²) in [4.78, 5) is 16.5. The van der Waals surface area contributed by atoms with Gasteiger partial charge >= 0.3 is 12.1 Å². The third-order valence-corrected chi connectivity index (χ3v) is 3.76. The first-order valence-corrected chi connectivity index (χ1v) is 6.34. The van der Waals surface area contributed by atoms with E-state index in [1.165, 1.54) is 11.0 Å². The van der Waals surface area contributed by atoms with E-state index in [0.717, 1.165) is 0 Å². The minimum Gasteiger partial charge on any atom is -0.506 e. The summed E-state index contributed by atoms with van der Waals surface area (Å²) in [7, 11) is 0. The van der Waals surface area contributed by atoms with Gasteiger partial charge in [-0.2, -0.15) is 13.2 Å². The van der Waals surface area contributed by atoms with Gasteiger partial charge in [0.1, 0.15) is 5.75 Å². The van der Waals surface area contributed by atoms with Crippen LogP contribution in [0.5, 0.6) is 5.75 Å². The maximum absolute atomic E-state index is 13.0. The maximum atomic E-state index is 13.0. The van der Waals surface area contributed by atoms with E-state index in [1.807, 2.05) is 0 Å². The highest BCUT2D eigenvalue weighted by atomic mass is 19.4. The molecule has 0 aliphatic carbocycles. The Balaban J connectivity index is 2.19. The van der Waals surface area contributed by atoms with Crippen molar-refractivity contribution < 1.29 is 28.2 Å². The minimum absolute atomic E-state index is 0.0130. The lowest BCUT2D eigenvalue weighted by molar-refractivity contribution is -0.227. The number of aliphatic carboxylic acids is 1. The fourth-order valence-electron chi connectivity index (χ4n) is 2.48. The lowest BCUT2D eigenvalue weighted by Crippen LogP contribution is -2.47. The van der Waals surface area contributed by atoms with Crippen LogP contribution in [-0.4, -0.2) is 45.3 Å². The molecule has 0 saturated carbocycles. The molecule has 1 saturated heterocycles. The van der Waals surface area contributed by atoms with Crippen molar-refractivity contribution in [3.63, 3.8) is 0 Å². The average Bonchev–Trinajstić information content (AvgIpc) is 2.79. The van der Waals surface area contributed by atoms with E-state index in [2.05, 4.69) is 4.98 Å². The second kappa shape index (κ2) is 5.18. The first-order valence-electron chi connectivity index (χ1n) is 6.34. The number of halogens is 3. The summed E-state index contributed by atoms with van der Waals surface area (Å²) in [5, 5.41) is 18.6. The fourth-order valence-corrected chi connectivity index (χ4v) is 2.48. The summed E-state index contributed by atoms with van der Waals surface area (Å²) in [6.07, 6.45) is -5.31. The average molecular weight is 304 g/mol. The van der Waals surface area contributed by atoms with Gasteiger partial charge in [-0.25, -0.2) is 0 Å². The zero-order chi connectivity index (χ0) is 15.8. The van der Waals surface area contributed by atoms with Gasteiger partial charge in [0, 0.05) is 25.3 Å². The van der Waals surface area contributed by atoms with Crippen molar-refractivity contribution >= 4 is 5.97 Å². The standard InChI is InChI=1S/C13H15F3N2O3/c1-8-2-3-10(19)9(17-8)6-18-5-4-12(7-18,11(20)21)13(14,15)16/h2-3,19H,4-7H2,1H3,(H,20,21). The van der Waals surface area contributed by atoms with Crippen LogP contribution >= 0.6 is 0 Å². The summed E-state index contributed by atoms with van der Waals surface area (Å²) < 4.78 is 39.1. The van der Waals surface area contributed by atoms with Gasteiger partial charge in [-0.05, 0) is 25.5 Å². The number of carbonyl (C=O) groups is 1. The Morgan fingerprint density at radius 2 is 2.14 bits per heavy atom. The van der Waals surface area contributed by atoms with E-state index in [-0.39, 0.29) is 24.5 Å². The largest absolute Gasteiger partial charge is 0.506 e. The van der Waals surface area contributed by atoms with Crippen LogP contribution in [0.3, 0.4) is 0 Å². The van der Waals surface area contributed by atoms with Crippen LogP contribution in [0.1, 0.15) is 17.8 Å². The normalized spacial score (nSPS) is 23.4. The topological polar surface area (TPSA) is 73.7 Å². The summed E-state index contributed by atoms with van der Waals surface area (Å²) in [5.41, 5.74) is -1.87. The molecule has 0 spiro atoms. The van der Waals surface area contributed by atoms with Crippen LogP contribution in [0.25, 0.3) is 0 Å². The molecular formula is C13H15F3N2O3. The molecule has 1 fully saturated rings. The highest BCUT2D eigenvalue weighted by Crippen LogP contribution is 2.46. The quantitative estimate of drug-likeness (QED) is 0.892. The Bertz CT molecular complexity index is 562. The molecule has 1 aliphatic rings. The number of rotatable bonds is 3. The summed E-state index contributed by atoms with van der Waals surface area (Å²) in [6.45, 7) is 1.03. The van der Waals surface area contributed by atoms with E-state index in [0.29, 0.717) is 5.69 Å². The van der Waals surface area contributed by atoms with Crippen LogP contribution < -0.4 is 0 Å². The molecule has 2 N–H and O–H groups in total. The molecular weight excluding hydrogens is 289 g/mol. The number of hydrogen-bond donors (Lipinski definition) is 2. The third kappa shape index (κ3) is 2.80. The Labute approximate surface area is 119 Å². The zero-order valence-electron chi connectivity index (χ0n) is 11.3. The van der Waals surface area contributed by atoms with Gasteiger partial charge < -0.3 is 10.2 Å². The number of hydrogen-bond acceptors (Lipinski definition) is 4. The predicted octanol–water partition coefficient (Wildman–Crippen LogP) is 1.93. The molecule has 0 aromatic carbocycles. The van der Waals surface area contributed by atoms with Crippen LogP contribution in [0.4, 0.5) is 13.2 Å². The molecule has 8 heteroatoms. The van der Waals surface area contributed by atoms with E-state index < -0.39 is 30.5 Å². The Hall–Kier alpha value is -1.83. The van der Waals surface area contributed by atoms with Gasteiger partial charge in [0.15, 0.2) is 5.41 Å². The molecule has 0 bridgehead atoms. The van der Waals surface area contributed by atoms with Gasteiger partial charge in [0.2, 0.25) is 0 Å². The zero-order valence-corrected chi connectivity index (χ0v) is 11.3. The molecule has 5 nitrogen and oxygen atoms in total. The van der Waals surface area contributed by atoms with Crippen LogP contribution in [-0.2, 0) is 11.3 Å². The SMILES string of the molecule is Cc1ccc(O)c(CN2CCC(C(=O)O)(C(F)(F)F)C2)n1. The van der Waals surface area contributed by atoms with Crippen molar-refractivity contribution in [1.82, 2.24) is 9.88 Å². The highest BCUT2D eigenvalue weighted by molar-refractivity contribution is 5.76. The number of alkyl halides is 3. The first kappa shape index (κ1) is 15.6. The van der Waals surface area contributed by atoms with Crippen molar-refractivity contribution in [2.75, 3.05) is 13.1 Å². The molecule has 2 heterocycles. The van der Waals surface area contributed by atoms with Gasteiger partial charge in [-0.15, -0.1) is 0 Å². The Kier molecular flexibility index (Phi) is 3.83. The maximum Gasteiger partial charge on any atom is 0.406 e. The lowest BCUT2D eigenvalue weighted by atomic mass is 9.86. The molecule has 116 valence electrons. The van der Waals surface area contributed by atoms with Crippen LogP contribution in [0.15, 0.2) is 12.1 Å². The molecule has 1 unspecified atom stereocenters. The third-order valence-electron chi connectivity index (χ3n) is 3.76. The van der Waals surface area contributed by atoms with Gasteiger partial charge in [0.05, 0.1) is 5.69 Å². The number of pyridine rings is 1. The lowest BCUT2D eigenvalue weighted by Gasteiger charge is -2.27. The summed E-state index contributed by atoms with van der Waals surface area (Å²) in [6, 6.07) is 3.00. The number of nitrogens with zero attached hydrogens (tertiary/aromatic N) is 2. The number of likely N-dealkylation sites (tertiary alicyclic amines) is 1. The van der Waals surface area contributed by atoms with Crippen molar-refractivity contribution in [3.05, 3.63) is 23.5 Å². The van der Waals surface area contributed by atoms with Crippen LogP contribution in [0, 0.1) is 12.3 Å². The number of aromatic hydroxyl groups is 1. The number of aryl methyl sites for hydroxylation is 1. The molecule has 1 atom stereocenters. The second-order valence-electron chi connectivity index (χ2n) is 5.26. The molecule has 0 amide bonds. The number of carboxylic acid groups (broad SMARTS) is 1. The van der Waals surface area contributed by atoms with Gasteiger partial charge in [-0.1, -0.05) is 0 Å². The van der Waals surface area contributed by atoms with Crippen molar-refractivity contribution in [2.24, 2.45) is 5.41 Å². The molecule has 2 rings (SSSR count). The van der Waals surface area contributed by atoms with E-state index in [1.54, 1.807) is 13.0 Å². The van der Waals surface area contributed by atoms with Crippen LogP contribution in [0.2, 0.25) is 0 Å². The molecule has 0 radical (unpaired) electrons. The fraction of sp³-hybridized carbons (Fsp3) is 0.538. The van der Waals surface area contributed by atoms with E-state index in [4.69, 9.17) is 5.11 Å². The summed E-state index contributed by atoms with van der Waals surface area (Å²) >= 11 is 0. The monoisotopic (exact) mass is 304 g/mol. The number of aromatic nitrogens is 1. The Morgan fingerprint density at radius 3 is 2.67 bits per heavy atom. The van der Waals surface area contributed by atoms with Gasteiger partial charge in [0.25, 0.3) is 0 Å². The highest BCUT2D eigenvalue weighted by Gasteiger charge is 2.63. The minimum atomic E-state index is -4.81.